The number of para-hydroxylation sites is 1. The summed E-state index contributed by atoms with van der Waals surface area (Å²) in [5, 5.41) is 2.96. The Morgan fingerprint density at radius 1 is 0.944 bits per heavy atom. The number of hydrogen-bond donors (Lipinski definition) is 1. The fourth-order valence-electron chi connectivity index (χ4n) is 3.79. The number of benzene rings is 3. The number of fused-ring (bicyclic) bond motifs is 1. The predicted octanol–water partition coefficient (Wildman–Crippen LogP) is 6.01. The summed E-state index contributed by atoms with van der Waals surface area (Å²) < 4.78 is 68.9. The van der Waals surface area contributed by atoms with Crippen molar-refractivity contribution in [1.29, 1.82) is 0 Å². The molecule has 10 heteroatoms. The Morgan fingerprint density at radius 3 is 2.14 bits per heavy atom. The van der Waals surface area contributed by atoms with E-state index < -0.39 is 33.3 Å². The van der Waals surface area contributed by atoms with Gasteiger partial charge in [0.2, 0.25) is 0 Å². The van der Waals surface area contributed by atoms with Gasteiger partial charge in [0.05, 0.1) is 17.1 Å². The maximum absolute atomic E-state index is 13.6. The highest BCUT2D eigenvalue weighted by Crippen LogP contribution is 2.39. The van der Waals surface area contributed by atoms with Crippen molar-refractivity contribution in [1.82, 2.24) is 10.3 Å². The zero-order valence-electron chi connectivity index (χ0n) is 19.0. The number of nitrogens with one attached hydrogen (secondary N) is 1. The number of carbonyl (C=O) groups excluding carboxylic acids is 1. The molecule has 0 bridgehead atoms. The summed E-state index contributed by atoms with van der Waals surface area (Å²) >= 11 is 0. The van der Waals surface area contributed by atoms with Gasteiger partial charge in [0.25, 0.3) is 5.91 Å². The minimum Gasteiger partial charge on any atom is -0.373 e. The van der Waals surface area contributed by atoms with Crippen molar-refractivity contribution in [2.75, 3.05) is 0 Å². The second kappa shape index (κ2) is 9.98. The van der Waals surface area contributed by atoms with Gasteiger partial charge >= 0.3 is 15.6 Å². The molecule has 186 valence electrons. The van der Waals surface area contributed by atoms with Crippen molar-refractivity contribution in [3.05, 3.63) is 96.1 Å². The lowest BCUT2D eigenvalue weighted by molar-refractivity contribution is -0.0500. The molecule has 0 fully saturated rings. The fourth-order valence-corrected chi connectivity index (χ4v) is 4.26. The average Bonchev–Trinajstić information content (AvgIpc) is 2.87. The molecule has 1 amide bonds. The van der Waals surface area contributed by atoms with Gasteiger partial charge in [-0.1, -0.05) is 85.8 Å². The van der Waals surface area contributed by atoms with Crippen molar-refractivity contribution >= 4 is 26.9 Å². The van der Waals surface area contributed by atoms with Crippen LogP contribution in [0.5, 0.6) is 5.75 Å². The van der Waals surface area contributed by atoms with Crippen LogP contribution >= 0.6 is 0 Å². The largest absolute Gasteiger partial charge is 0.534 e. The first-order chi connectivity index (χ1) is 17.1. The van der Waals surface area contributed by atoms with E-state index in [1.165, 1.54) is 18.2 Å². The Bertz CT molecular complexity index is 1490. The van der Waals surface area contributed by atoms with Crippen LogP contribution in [0.2, 0.25) is 0 Å². The van der Waals surface area contributed by atoms with E-state index in [1.54, 1.807) is 60.7 Å². The smallest absolute Gasteiger partial charge is 0.373 e. The number of pyridine rings is 1. The van der Waals surface area contributed by atoms with Crippen LogP contribution in [0.1, 0.15) is 35.3 Å². The molecule has 0 aliphatic carbocycles. The van der Waals surface area contributed by atoms with Gasteiger partial charge in [-0.05, 0) is 18.1 Å². The Morgan fingerprint density at radius 2 is 1.53 bits per heavy atom. The van der Waals surface area contributed by atoms with E-state index >= 15 is 0 Å². The number of rotatable bonds is 7. The van der Waals surface area contributed by atoms with Crippen LogP contribution in [0.3, 0.4) is 0 Å². The first kappa shape index (κ1) is 25.2. The number of hydrogen-bond acceptors (Lipinski definition) is 5. The van der Waals surface area contributed by atoms with Gasteiger partial charge in [-0.2, -0.15) is 21.6 Å². The standard InChI is InChI=1S/C26H21F3N2O4S/c1-2-20(17-11-5-3-6-12-17)31-25(32)22-19-15-9-10-16-21(19)30-23(18-13-7-4-8-14-18)24(22)35-36(33,34)26(27,28)29/h3-16,20H,2H2,1H3,(H,31,32). The third-order valence-corrected chi connectivity index (χ3v) is 6.47. The van der Waals surface area contributed by atoms with E-state index in [-0.39, 0.29) is 27.7 Å². The van der Waals surface area contributed by atoms with Gasteiger partial charge in [-0.3, -0.25) is 4.79 Å². The summed E-state index contributed by atoms with van der Waals surface area (Å²) in [6.45, 7) is 1.84. The predicted molar refractivity (Wildman–Crippen MR) is 130 cm³/mol. The molecule has 4 aromatic rings. The summed E-state index contributed by atoms with van der Waals surface area (Å²) in [6, 6.07) is 22.8. The second-order valence-corrected chi connectivity index (χ2v) is 9.41. The van der Waals surface area contributed by atoms with Crippen LogP contribution in [0.15, 0.2) is 84.9 Å². The summed E-state index contributed by atoms with van der Waals surface area (Å²) in [4.78, 5) is 18.0. The number of aromatic nitrogens is 1. The van der Waals surface area contributed by atoms with E-state index in [9.17, 15) is 26.4 Å². The summed E-state index contributed by atoms with van der Waals surface area (Å²) in [7, 11) is -6.11. The van der Waals surface area contributed by atoms with Crippen molar-refractivity contribution in [3.63, 3.8) is 0 Å². The fraction of sp³-hybridized carbons (Fsp3) is 0.154. The van der Waals surface area contributed by atoms with E-state index in [0.717, 1.165) is 5.56 Å². The summed E-state index contributed by atoms with van der Waals surface area (Å²) in [5.41, 5.74) is -4.94. The van der Waals surface area contributed by atoms with E-state index in [0.29, 0.717) is 6.42 Å². The molecule has 0 spiro atoms. The Balaban J connectivity index is 1.96. The molecule has 1 unspecified atom stereocenters. The molecule has 0 saturated heterocycles. The average molecular weight is 515 g/mol. The minimum atomic E-state index is -6.11. The van der Waals surface area contributed by atoms with E-state index in [2.05, 4.69) is 14.5 Å². The number of carbonyl (C=O) groups is 1. The second-order valence-electron chi connectivity index (χ2n) is 7.88. The molecule has 0 saturated carbocycles. The monoisotopic (exact) mass is 514 g/mol. The quantitative estimate of drug-likeness (QED) is 0.241. The van der Waals surface area contributed by atoms with Gasteiger partial charge in [0.1, 0.15) is 5.69 Å². The third kappa shape index (κ3) is 5.03. The topological polar surface area (TPSA) is 85.4 Å². The van der Waals surface area contributed by atoms with Gasteiger partial charge in [0.15, 0.2) is 5.75 Å². The molecule has 0 aliphatic rings. The number of alkyl halides is 3. The third-order valence-electron chi connectivity index (χ3n) is 5.51. The first-order valence-corrected chi connectivity index (χ1v) is 12.4. The molecule has 0 radical (unpaired) electrons. The molecule has 6 nitrogen and oxygen atoms in total. The van der Waals surface area contributed by atoms with Gasteiger partial charge < -0.3 is 9.50 Å². The highest BCUT2D eigenvalue weighted by atomic mass is 32.2. The molecule has 3 aromatic carbocycles. The van der Waals surface area contributed by atoms with Crippen LogP contribution in [0, 0.1) is 0 Å². The molecular weight excluding hydrogens is 493 g/mol. The molecule has 1 atom stereocenters. The molecule has 0 aliphatic heterocycles. The number of amides is 1. The van der Waals surface area contributed by atoms with Crippen molar-refractivity contribution in [3.8, 4) is 17.0 Å². The van der Waals surface area contributed by atoms with Crippen molar-refractivity contribution in [2.45, 2.75) is 24.9 Å². The van der Waals surface area contributed by atoms with Crippen molar-refractivity contribution in [2.24, 2.45) is 0 Å². The number of nitrogens with zero attached hydrogens (tertiary/aromatic N) is 1. The van der Waals surface area contributed by atoms with Crippen LogP contribution < -0.4 is 9.50 Å². The Labute approximate surface area is 205 Å². The van der Waals surface area contributed by atoms with Crippen LogP contribution in [0.25, 0.3) is 22.2 Å². The maximum Gasteiger partial charge on any atom is 0.534 e. The Hall–Kier alpha value is -3.92. The van der Waals surface area contributed by atoms with Crippen LogP contribution in [0.4, 0.5) is 13.2 Å². The lowest BCUT2D eigenvalue weighted by atomic mass is 10.00. The molecule has 4 rings (SSSR count). The molecule has 1 N–H and O–H groups in total. The maximum atomic E-state index is 13.6. The van der Waals surface area contributed by atoms with Gasteiger partial charge in [0, 0.05) is 10.9 Å². The van der Waals surface area contributed by atoms with Crippen LogP contribution in [-0.4, -0.2) is 24.8 Å². The first-order valence-electron chi connectivity index (χ1n) is 11.0. The highest BCUT2D eigenvalue weighted by molar-refractivity contribution is 7.88. The lowest BCUT2D eigenvalue weighted by Gasteiger charge is -2.21. The zero-order valence-corrected chi connectivity index (χ0v) is 19.8. The zero-order chi connectivity index (χ0) is 25.9. The molecule has 1 heterocycles. The van der Waals surface area contributed by atoms with Crippen molar-refractivity contribution < 1.29 is 30.6 Å². The van der Waals surface area contributed by atoms with Crippen LogP contribution in [-0.2, 0) is 10.1 Å². The summed E-state index contributed by atoms with van der Waals surface area (Å²) in [6.07, 6.45) is 0.474. The van der Waals surface area contributed by atoms with E-state index in [1.807, 2.05) is 13.0 Å². The van der Waals surface area contributed by atoms with Gasteiger partial charge in [-0.25, -0.2) is 4.98 Å². The molecule has 36 heavy (non-hydrogen) atoms. The van der Waals surface area contributed by atoms with Gasteiger partial charge in [-0.15, -0.1) is 0 Å². The summed E-state index contributed by atoms with van der Waals surface area (Å²) in [5.74, 6) is -1.59. The number of halogens is 3. The SMILES string of the molecule is CCC(NC(=O)c1c(OS(=O)(=O)C(F)(F)F)c(-c2ccccc2)nc2ccccc12)c1ccccc1. The minimum absolute atomic E-state index is 0.143. The lowest BCUT2D eigenvalue weighted by Crippen LogP contribution is -2.32. The van der Waals surface area contributed by atoms with E-state index in [4.69, 9.17) is 0 Å². The normalized spacial score (nSPS) is 12.8. The molecular formula is C26H21F3N2O4S. The highest BCUT2D eigenvalue weighted by Gasteiger charge is 2.49. The molecule has 1 aromatic heterocycles. The Kier molecular flexibility index (Phi) is 6.98.